The number of fused-ring (bicyclic) bond motifs is 1. The number of carbonyl (C=O) groups is 1. The largest absolute Gasteiger partial charge is 0.496 e. The zero-order chi connectivity index (χ0) is 17.1. The number of amides is 1. The van der Waals surface area contributed by atoms with Crippen LogP contribution in [0, 0.1) is 0 Å². The van der Waals surface area contributed by atoms with Crippen molar-refractivity contribution in [3.63, 3.8) is 0 Å². The van der Waals surface area contributed by atoms with Crippen LogP contribution in [0.4, 0.5) is 5.69 Å². The number of halogens is 1. The Morgan fingerprint density at radius 3 is 2.79 bits per heavy atom. The predicted octanol–water partition coefficient (Wildman–Crippen LogP) is 3.74. The number of nitrogens with zero attached hydrogens (tertiary/aromatic N) is 2. The molecule has 2 heterocycles. The monoisotopic (exact) mass is 346 g/mol. The molecule has 0 N–H and O–H groups in total. The molecule has 0 spiro atoms. The van der Waals surface area contributed by atoms with Crippen molar-refractivity contribution in [3.05, 3.63) is 46.6 Å². The smallest absolute Gasteiger partial charge is 0.259 e. The number of pyridine rings is 1. The average Bonchev–Trinajstić information content (AvgIpc) is 2.83. The summed E-state index contributed by atoms with van der Waals surface area (Å²) in [4.78, 5) is 18.9. The van der Waals surface area contributed by atoms with Gasteiger partial charge in [-0.15, -0.1) is 0 Å². The van der Waals surface area contributed by atoms with Gasteiger partial charge in [-0.2, -0.15) is 0 Å². The van der Waals surface area contributed by atoms with Crippen LogP contribution >= 0.6 is 11.6 Å². The number of hydrogen-bond acceptors (Lipinski definition) is 4. The van der Waals surface area contributed by atoms with Gasteiger partial charge in [0.05, 0.1) is 25.5 Å². The first kappa shape index (κ1) is 16.6. The van der Waals surface area contributed by atoms with Gasteiger partial charge in [-0.1, -0.05) is 17.7 Å². The fraction of sp³-hybridized carbons (Fsp3) is 0.333. The number of ether oxygens (including phenoxy) is 2. The lowest BCUT2D eigenvalue weighted by Gasteiger charge is -2.24. The standard InChI is InChI=1S/C18H19ClN2O3/c1-23-16-8-5-7-15-13(16)6-3-4-9-21(15)18(22)12-10-14(19)17(24-2)20-11-12/h5,7-8,10-11H,3-4,6,9H2,1-2H3. The second-order valence-corrected chi connectivity index (χ2v) is 5.99. The van der Waals surface area contributed by atoms with Crippen molar-refractivity contribution in [1.29, 1.82) is 0 Å². The number of hydrogen-bond donors (Lipinski definition) is 0. The zero-order valence-electron chi connectivity index (χ0n) is 13.7. The molecule has 1 amide bonds. The molecule has 1 aliphatic heterocycles. The van der Waals surface area contributed by atoms with Crippen molar-refractivity contribution in [2.45, 2.75) is 19.3 Å². The molecule has 0 atom stereocenters. The van der Waals surface area contributed by atoms with Crippen LogP contribution in [0.5, 0.6) is 11.6 Å². The van der Waals surface area contributed by atoms with Gasteiger partial charge < -0.3 is 14.4 Å². The summed E-state index contributed by atoms with van der Waals surface area (Å²) in [5, 5.41) is 0.323. The first-order valence-electron chi connectivity index (χ1n) is 7.83. The van der Waals surface area contributed by atoms with Gasteiger partial charge in [0.2, 0.25) is 5.88 Å². The summed E-state index contributed by atoms with van der Waals surface area (Å²) in [5.41, 5.74) is 2.40. The van der Waals surface area contributed by atoms with Gasteiger partial charge in [-0.25, -0.2) is 4.98 Å². The summed E-state index contributed by atoms with van der Waals surface area (Å²) in [6.07, 6.45) is 4.34. The van der Waals surface area contributed by atoms with Crippen LogP contribution in [-0.4, -0.2) is 31.7 Å². The van der Waals surface area contributed by atoms with E-state index in [1.165, 1.54) is 13.3 Å². The van der Waals surface area contributed by atoms with Gasteiger partial charge >= 0.3 is 0 Å². The molecule has 24 heavy (non-hydrogen) atoms. The van der Waals surface area contributed by atoms with Gasteiger partial charge in [0.25, 0.3) is 5.91 Å². The Morgan fingerprint density at radius 1 is 1.25 bits per heavy atom. The van der Waals surface area contributed by atoms with Crippen molar-refractivity contribution >= 4 is 23.2 Å². The Kier molecular flexibility index (Phi) is 4.90. The van der Waals surface area contributed by atoms with E-state index in [0.29, 0.717) is 23.0 Å². The maximum atomic E-state index is 13.0. The van der Waals surface area contributed by atoms with E-state index in [2.05, 4.69) is 4.98 Å². The number of aromatic nitrogens is 1. The highest BCUT2D eigenvalue weighted by Gasteiger charge is 2.25. The summed E-state index contributed by atoms with van der Waals surface area (Å²) in [5.74, 6) is 1.01. The number of carbonyl (C=O) groups excluding carboxylic acids is 1. The number of rotatable bonds is 3. The summed E-state index contributed by atoms with van der Waals surface area (Å²) in [6, 6.07) is 7.39. The van der Waals surface area contributed by atoms with Crippen molar-refractivity contribution < 1.29 is 14.3 Å². The van der Waals surface area contributed by atoms with Crippen LogP contribution in [0.25, 0.3) is 0 Å². The molecule has 126 valence electrons. The second-order valence-electron chi connectivity index (χ2n) is 5.59. The highest BCUT2D eigenvalue weighted by atomic mass is 35.5. The van der Waals surface area contributed by atoms with Crippen LogP contribution in [0.15, 0.2) is 30.5 Å². The minimum atomic E-state index is -0.122. The molecule has 0 fully saturated rings. The predicted molar refractivity (Wildman–Crippen MR) is 93.4 cm³/mol. The van der Waals surface area contributed by atoms with Gasteiger partial charge in [-0.05, 0) is 37.5 Å². The van der Waals surface area contributed by atoms with Crippen LogP contribution in [0.2, 0.25) is 5.02 Å². The Balaban J connectivity index is 2.00. The fourth-order valence-electron chi connectivity index (χ4n) is 3.00. The first-order valence-corrected chi connectivity index (χ1v) is 8.20. The summed E-state index contributed by atoms with van der Waals surface area (Å²) in [7, 11) is 3.15. The molecule has 2 aromatic rings. The van der Waals surface area contributed by atoms with E-state index in [1.54, 1.807) is 18.1 Å². The second kappa shape index (κ2) is 7.09. The summed E-state index contributed by atoms with van der Waals surface area (Å²) in [6.45, 7) is 0.655. The molecule has 0 unspecified atom stereocenters. The van der Waals surface area contributed by atoms with E-state index >= 15 is 0 Å². The third-order valence-electron chi connectivity index (χ3n) is 4.17. The highest BCUT2D eigenvalue weighted by Crippen LogP contribution is 2.34. The number of methoxy groups -OCH3 is 2. The summed E-state index contributed by atoms with van der Waals surface area (Å²) < 4.78 is 10.5. The number of anilines is 1. The SMILES string of the molecule is COc1cccc2c1CCCCN2C(=O)c1cnc(OC)c(Cl)c1. The van der Waals surface area contributed by atoms with Crippen molar-refractivity contribution in [1.82, 2.24) is 4.98 Å². The summed E-state index contributed by atoms with van der Waals surface area (Å²) >= 11 is 6.11. The molecule has 1 aromatic heterocycles. The molecule has 0 saturated heterocycles. The maximum Gasteiger partial charge on any atom is 0.259 e. The molecule has 0 aliphatic carbocycles. The Labute approximate surface area is 146 Å². The van der Waals surface area contributed by atoms with Crippen molar-refractivity contribution in [3.8, 4) is 11.6 Å². The van der Waals surface area contributed by atoms with Crippen molar-refractivity contribution in [2.24, 2.45) is 0 Å². The molecule has 1 aliphatic rings. The molecular formula is C18H19ClN2O3. The Hall–Kier alpha value is -2.27. The van der Waals surface area contributed by atoms with E-state index in [9.17, 15) is 4.79 Å². The molecule has 0 saturated carbocycles. The van der Waals surface area contributed by atoms with Crippen LogP contribution in [-0.2, 0) is 6.42 Å². The lowest BCUT2D eigenvalue weighted by Crippen LogP contribution is -2.32. The minimum absolute atomic E-state index is 0.122. The average molecular weight is 347 g/mol. The lowest BCUT2D eigenvalue weighted by molar-refractivity contribution is 0.0986. The molecule has 1 aromatic carbocycles. The van der Waals surface area contributed by atoms with E-state index in [1.807, 2.05) is 18.2 Å². The molecule has 0 bridgehead atoms. The van der Waals surface area contributed by atoms with Crippen LogP contribution in [0.3, 0.4) is 0 Å². The molecule has 5 nitrogen and oxygen atoms in total. The molecule has 0 radical (unpaired) electrons. The van der Waals surface area contributed by atoms with Crippen LogP contribution in [0.1, 0.15) is 28.8 Å². The third-order valence-corrected chi connectivity index (χ3v) is 4.44. The highest BCUT2D eigenvalue weighted by molar-refractivity contribution is 6.32. The quantitative estimate of drug-likeness (QED) is 0.849. The minimum Gasteiger partial charge on any atom is -0.496 e. The molecule has 3 rings (SSSR count). The third kappa shape index (κ3) is 3.04. The van der Waals surface area contributed by atoms with E-state index < -0.39 is 0 Å². The lowest BCUT2D eigenvalue weighted by atomic mass is 10.1. The Morgan fingerprint density at radius 2 is 2.08 bits per heavy atom. The molecule has 6 heteroatoms. The zero-order valence-corrected chi connectivity index (χ0v) is 14.5. The van der Waals surface area contributed by atoms with Gasteiger partial charge in [0, 0.05) is 18.3 Å². The van der Waals surface area contributed by atoms with Crippen molar-refractivity contribution in [2.75, 3.05) is 25.7 Å². The Bertz CT molecular complexity index is 764. The van der Waals surface area contributed by atoms with Gasteiger partial charge in [-0.3, -0.25) is 4.79 Å². The first-order chi connectivity index (χ1) is 11.7. The van der Waals surface area contributed by atoms with Crippen LogP contribution < -0.4 is 14.4 Å². The maximum absolute atomic E-state index is 13.0. The van der Waals surface area contributed by atoms with E-state index in [-0.39, 0.29) is 5.91 Å². The topological polar surface area (TPSA) is 51.7 Å². The molecular weight excluding hydrogens is 328 g/mol. The van der Waals surface area contributed by atoms with E-state index in [4.69, 9.17) is 21.1 Å². The normalized spacial score (nSPS) is 13.9. The fourth-order valence-corrected chi connectivity index (χ4v) is 3.24. The van der Waals surface area contributed by atoms with E-state index in [0.717, 1.165) is 36.3 Å². The van der Waals surface area contributed by atoms with Gasteiger partial charge in [0.1, 0.15) is 10.8 Å². The number of benzene rings is 1. The van der Waals surface area contributed by atoms with Gasteiger partial charge in [0.15, 0.2) is 0 Å².